The van der Waals surface area contributed by atoms with E-state index in [2.05, 4.69) is 252 Å². The van der Waals surface area contributed by atoms with Crippen molar-refractivity contribution in [2.24, 2.45) is 0 Å². The average Bonchev–Trinajstić information content (AvgIpc) is 3.98. The minimum Gasteiger partial charge on any atom is -0.309 e. The summed E-state index contributed by atoms with van der Waals surface area (Å²) in [5.74, 6) is 0. The summed E-state index contributed by atoms with van der Waals surface area (Å²) in [4.78, 5) is 0. The van der Waals surface area contributed by atoms with Gasteiger partial charge in [0, 0.05) is 32.9 Å². The van der Waals surface area contributed by atoms with Crippen molar-refractivity contribution in [1.82, 2.24) is 9.13 Å². The molecule has 0 spiro atoms. The van der Waals surface area contributed by atoms with Gasteiger partial charge in [-0.2, -0.15) is 0 Å². The van der Waals surface area contributed by atoms with E-state index in [1.165, 1.54) is 99.2 Å². The molecule has 13 rings (SSSR count). The molecule has 0 radical (unpaired) electrons. The molecule has 1 aliphatic carbocycles. The first-order chi connectivity index (χ1) is 31.3. The van der Waals surface area contributed by atoms with Crippen LogP contribution in [0.3, 0.4) is 0 Å². The van der Waals surface area contributed by atoms with Crippen LogP contribution in [0.15, 0.2) is 243 Å². The van der Waals surface area contributed by atoms with Gasteiger partial charge in [0.05, 0.1) is 27.5 Å². The lowest BCUT2D eigenvalue weighted by Crippen LogP contribution is -2.28. The highest BCUT2D eigenvalue weighted by Gasteiger charge is 2.46. The minimum atomic E-state index is -0.488. The minimum absolute atomic E-state index is 0.488. The molecule has 0 saturated carbocycles. The van der Waals surface area contributed by atoms with E-state index in [4.69, 9.17) is 0 Å². The first-order valence-electron chi connectivity index (χ1n) is 21.8. The first kappa shape index (κ1) is 35.5. The summed E-state index contributed by atoms with van der Waals surface area (Å²) < 4.78 is 4.88. The molecular weight excluding hydrogens is 761 g/mol. The van der Waals surface area contributed by atoms with Crippen LogP contribution in [0.4, 0.5) is 0 Å². The number of fused-ring (bicyclic) bond motifs is 9. The maximum atomic E-state index is 2.48. The molecule has 0 fully saturated rings. The second kappa shape index (κ2) is 13.9. The third-order valence-electron chi connectivity index (χ3n) is 13.6. The van der Waals surface area contributed by atoms with Crippen molar-refractivity contribution in [1.29, 1.82) is 0 Å². The van der Waals surface area contributed by atoms with Crippen molar-refractivity contribution in [3.63, 3.8) is 0 Å². The molecule has 2 aromatic heterocycles. The zero-order valence-electron chi connectivity index (χ0n) is 34.5. The maximum Gasteiger partial charge on any atom is 0.0714 e. The predicted octanol–water partition coefficient (Wildman–Crippen LogP) is 15.6. The molecule has 10 aromatic carbocycles. The Balaban J connectivity index is 1.04. The molecule has 1 aliphatic rings. The number of benzene rings is 10. The van der Waals surface area contributed by atoms with E-state index in [1.54, 1.807) is 0 Å². The largest absolute Gasteiger partial charge is 0.309 e. The molecule has 294 valence electrons. The van der Waals surface area contributed by atoms with Crippen molar-refractivity contribution >= 4 is 43.6 Å². The van der Waals surface area contributed by atoms with Crippen molar-refractivity contribution in [2.45, 2.75) is 5.41 Å². The molecule has 0 bridgehead atoms. The van der Waals surface area contributed by atoms with Crippen LogP contribution in [-0.2, 0) is 5.41 Å². The normalized spacial score (nSPS) is 12.9. The molecule has 2 heteroatoms. The summed E-state index contributed by atoms with van der Waals surface area (Å²) in [5, 5.41) is 4.97. The van der Waals surface area contributed by atoms with E-state index < -0.39 is 5.41 Å². The van der Waals surface area contributed by atoms with Crippen LogP contribution in [0.25, 0.3) is 88.4 Å². The van der Waals surface area contributed by atoms with Crippen LogP contribution >= 0.6 is 0 Å². The van der Waals surface area contributed by atoms with Crippen LogP contribution in [0, 0.1) is 0 Å². The lowest BCUT2D eigenvalue weighted by Gasteiger charge is -2.34. The molecule has 0 unspecified atom stereocenters. The summed E-state index contributed by atoms with van der Waals surface area (Å²) in [7, 11) is 0. The van der Waals surface area contributed by atoms with E-state index >= 15 is 0 Å². The lowest BCUT2D eigenvalue weighted by atomic mass is 9.67. The molecule has 12 aromatic rings. The summed E-state index contributed by atoms with van der Waals surface area (Å²) in [6, 6.07) is 89.6. The van der Waals surface area contributed by atoms with Crippen molar-refractivity contribution in [3.05, 3.63) is 265 Å². The highest BCUT2D eigenvalue weighted by Crippen LogP contribution is 2.56. The van der Waals surface area contributed by atoms with Gasteiger partial charge in [0.25, 0.3) is 0 Å². The number of aromatic nitrogens is 2. The number of hydrogen-bond donors (Lipinski definition) is 0. The predicted molar refractivity (Wildman–Crippen MR) is 263 cm³/mol. The number of rotatable bonds is 6. The molecule has 0 amide bonds. The Bertz CT molecular complexity index is 3680. The maximum absolute atomic E-state index is 2.48. The van der Waals surface area contributed by atoms with Gasteiger partial charge in [-0.3, -0.25) is 0 Å². The molecule has 0 saturated heterocycles. The van der Waals surface area contributed by atoms with E-state index in [0.717, 1.165) is 11.4 Å². The van der Waals surface area contributed by atoms with Crippen LogP contribution in [0.5, 0.6) is 0 Å². The Hall–Kier alpha value is -8.20. The average molecular weight is 801 g/mol. The van der Waals surface area contributed by atoms with Crippen LogP contribution in [0.1, 0.15) is 22.3 Å². The summed E-state index contributed by atoms with van der Waals surface area (Å²) in [5.41, 5.74) is 19.1. The van der Waals surface area contributed by atoms with Gasteiger partial charge in [0.15, 0.2) is 0 Å². The second-order valence-electron chi connectivity index (χ2n) is 16.8. The van der Waals surface area contributed by atoms with Crippen molar-refractivity contribution in [2.75, 3.05) is 0 Å². The van der Waals surface area contributed by atoms with Gasteiger partial charge in [0.1, 0.15) is 0 Å². The van der Waals surface area contributed by atoms with Gasteiger partial charge in [-0.15, -0.1) is 0 Å². The number of para-hydroxylation sites is 2. The van der Waals surface area contributed by atoms with Gasteiger partial charge < -0.3 is 9.13 Å². The number of nitrogens with zero attached hydrogens (tertiary/aromatic N) is 2. The lowest BCUT2D eigenvalue weighted by molar-refractivity contribution is 0.767. The van der Waals surface area contributed by atoms with Crippen LogP contribution in [0.2, 0.25) is 0 Å². The molecule has 0 N–H and O–H groups in total. The van der Waals surface area contributed by atoms with Gasteiger partial charge >= 0.3 is 0 Å². The third-order valence-corrected chi connectivity index (χ3v) is 13.6. The molecule has 2 nitrogen and oxygen atoms in total. The summed E-state index contributed by atoms with van der Waals surface area (Å²) in [6.45, 7) is 0. The summed E-state index contributed by atoms with van der Waals surface area (Å²) in [6.07, 6.45) is 0. The van der Waals surface area contributed by atoms with Crippen LogP contribution < -0.4 is 0 Å². The molecule has 63 heavy (non-hydrogen) atoms. The van der Waals surface area contributed by atoms with E-state index in [9.17, 15) is 0 Å². The topological polar surface area (TPSA) is 9.86 Å². The smallest absolute Gasteiger partial charge is 0.0714 e. The first-order valence-corrected chi connectivity index (χ1v) is 21.8. The number of hydrogen-bond acceptors (Lipinski definition) is 0. The Morgan fingerprint density at radius 1 is 0.254 bits per heavy atom. The SMILES string of the molecule is c1ccc(-c2ccc3c(c2)c2cc(-c4ccc5c6ccccc6n(-c6ccccc6)c5c4)ccc2n3-c2cccc(C3(c4ccccc4)c4ccccc4-c4ccccc43)c2)cc1. The summed E-state index contributed by atoms with van der Waals surface area (Å²) >= 11 is 0. The van der Waals surface area contributed by atoms with Crippen molar-refractivity contribution in [3.8, 4) is 44.8 Å². The Labute approximate surface area is 366 Å². The van der Waals surface area contributed by atoms with E-state index in [-0.39, 0.29) is 0 Å². The molecule has 0 atom stereocenters. The van der Waals surface area contributed by atoms with Gasteiger partial charge in [0.2, 0.25) is 0 Å². The van der Waals surface area contributed by atoms with Gasteiger partial charge in [-0.25, -0.2) is 0 Å². The fraction of sp³-hybridized carbons (Fsp3) is 0.0164. The Morgan fingerprint density at radius 3 is 1.43 bits per heavy atom. The fourth-order valence-electron chi connectivity index (χ4n) is 10.9. The Morgan fingerprint density at radius 2 is 0.730 bits per heavy atom. The highest BCUT2D eigenvalue weighted by atomic mass is 15.0. The fourth-order valence-corrected chi connectivity index (χ4v) is 10.9. The highest BCUT2D eigenvalue weighted by molar-refractivity contribution is 6.13. The van der Waals surface area contributed by atoms with Crippen LogP contribution in [-0.4, -0.2) is 9.13 Å². The standard InChI is InChI=1S/C61H40N2/c1-4-17-41(18-5-1)42-32-35-58-53(37-42)54-38-43(44-31-34-52-51-27-12-15-30-57(51)62(60(52)39-44)47-22-8-3-9-23-47)33-36-59(54)63(58)48-24-16-21-46(40-48)61(45-19-6-2-7-20-45)55-28-13-10-25-49(55)50-26-11-14-29-56(50)61/h1-40H. The van der Waals surface area contributed by atoms with E-state index in [1.807, 2.05) is 0 Å². The quantitative estimate of drug-likeness (QED) is 0.159. The van der Waals surface area contributed by atoms with Gasteiger partial charge in [-0.1, -0.05) is 182 Å². The molecular formula is C61H40N2. The van der Waals surface area contributed by atoms with Gasteiger partial charge in [-0.05, 0) is 116 Å². The monoisotopic (exact) mass is 800 g/mol. The van der Waals surface area contributed by atoms with E-state index in [0.29, 0.717) is 0 Å². The molecule has 2 heterocycles. The zero-order chi connectivity index (χ0) is 41.5. The third kappa shape index (κ3) is 5.25. The Kier molecular flexibility index (Phi) is 7.85. The second-order valence-corrected chi connectivity index (χ2v) is 16.8. The van der Waals surface area contributed by atoms with Crippen molar-refractivity contribution < 1.29 is 0 Å². The molecule has 0 aliphatic heterocycles. The zero-order valence-corrected chi connectivity index (χ0v) is 34.5.